The maximum absolute atomic E-state index is 10.6. The molecule has 6 rings (SSSR count). The lowest BCUT2D eigenvalue weighted by atomic mass is 9.99. The second-order valence-electron chi connectivity index (χ2n) is 12.1. The molecular formula is C33H40F3N7O4. The van der Waals surface area contributed by atoms with E-state index in [-0.39, 0.29) is 18.2 Å². The predicted octanol–water partition coefficient (Wildman–Crippen LogP) is 3.92. The second-order valence-corrected chi connectivity index (χ2v) is 12.1. The lowest BCUT2D eigenvalue weighted by Crippen LogP contribution is -2.51. The zero-order valence-corrected chi connectivity index (χ0v) is 26.8. The number of aromatic nitrogens is 2. The monoisotopic (exact) mass is 655 g/mol. The van der Waals surface area contributed by atoms with E-state index in [1.54, 1.807) is 7.11 Å². The molecule has 252 valence electrons. The van der Waals surface area contributed by atoms with E-state index in [4.69, 9.17) is 29.3 Å². The van der Waals surface area contributed by atoms with Crippen molar-refractivity contribution >= 4 is 28.2 Å². The SMILES string of the molecule is CO[C@@H]1C[C@@H](COc2nc3c(c(N4CCN[C@@H](CC#N)C4)n2)CCN(c2cccc4cccc(C)c24)C3)N(C)C1.O=C(O)C(F)(F)F. The highest BCUT2D eigenvalue weighted by molar-refractivity contribution is 5.97. The Morgan fingerprint density at radius 1 is 1.15 bits per heavy atom. The number of nitrogens with zero attached hydrogens (tertiary/aromatic N) is 6. The Bertz CT molecular complexity index is 1610. The molecule has 0 amide bonds. The van der Waals surface area contributed by atoms with Gasteiger partial charge >= 0.3 is 18.2 Å². The van der Waals surface area contributed by atoms with E-state index in [0.717, 1.165) is 57.1 Å². The Balaban J connectivity index is 0.000000559. The summed E-state index contributed by atoms with van der Waals surface area (Å²) >= 11 is 0. The number of carboxylic acid groups (broad SMARTS) is 1. The lowest BCUT2D eigenvalue weighted by molar-refractivity contribution is -0.192. The quantitative estimate of drug-likeness (QED) is 0.385. The van der Waals surface area contributed by atoms with E-state index in [2.05, 4.69) is 76.5 Å². The number of fused-ring (bicyclic) bond motifs is 2. The van der Waals surface area contributed by atoms with Crippen molar-refractivity contribution in [2.45, 2.75) is 57.1 Å². The fourth-order valence-electron chi connectivity index (χ4n) is 6.52. The summed E-state index contributed by atoms with van der Waals surface area (Å²) in [5, 5.41) is 22.5. The van der Waals surface area contributed by atoms with E-state index in [1.165, 1.54) is 27.6 Å². The van der Waals surface area contributed by atoms with Crippen LogP contribution in [-0.2, 0) is 22.5 Å². The van der Waals surface area contributed by atoms with Crippen molar-refractivity contribution in [1.29, 1.82) is 5.26 Å². The van der Waals surface area contributed by atoms with Gasteiger partial charge < -0.3 is 29.7 Å². The molecule has 2 aromatic carbocycles. The smallest absolute Gasteiger partial charge is 0.475 e. The van der Waals surface area contributed by atoms with E-state index < -0.39 is 12.1 Å². The number of hydrogen-bond acceptors (Lipinski definition) is 10. The van der Waals surface area contributed by atoms with Crippen LogP contribution < -0.4 is 19.9 Å². The standard InChI is InChI=1S/C31H39N7O2.C2HF3O2/c1-21-6-4-7-22-8-5-9-28(29(21)22)37-14-11-26-27(19-37)34-31(40-20-24-16-25(39-3)18-36(24)2)35-30(26)38-15-13-33-23(17-38)10-12-32;3-2(4,5)1(6)7/h4-9,23-25,33H,10-11,13-20H2,1-3H3;(H,6,7)/t23-,24-,25+;/m0./s1. The molecule has 0 bridgehead atoms. The summed E-state index contributed by atoms with van der Waals surface area (Å²) < 4.78 is 43.6. The van der Waals surface area contributed by atoms with Gasteiger partial charge in [0.2, 0.25) is 0 Å². The Morgan fingerprint density at radius 2 is 1.89 bits per heavy atom. The van der Waals surface area contributed by atoms with Gasteiger partial charge in [0.15, 0.2) is 0 Å². The third-order valence-corrected chi connectivity index (χ3v) is 8.98. The van der Waals surface area contributed by atoms with Gasteiger partial charge in [-0.05, 0) is 43.8 Å². The Morgan fingerprint density at radius 3 is 2.57 bits per heavy atom. The Labute approximate surface area is 271 Å². The number of carboxylic acids is 1. The molecule has 11 nitrogen and oxygen atoms in total. The van der Waals surface area contributed by atoms with Crippen molar-refractivity contribution in [3.8, 4) is 12.1 Å². The van der Waals surface area contributed by atoms with E-state index in [1.807, 2.05) is 0 Å². The normalized spacial score (nSPS) is 21.5. The minimum Gasteiger partial charge on any atom is -0.475 e. The number of piperazine rings is 1. The molecule has 14 heteroatoms. The Kier molecular flexibility index (Phi) is 10.7. The number of likely N-dealkylation sites (N-methyl/N-ethyl adjacent to an activating group) is 1. The molecule has 3 aromatic rings. The van der Waals surface area contributed by atoms with Gasteiger partial charge in [0, 0.05) is 68.6 Å². The first kappa shape index (κ1) is 34.2. The van der Waals surface area contributed by atoms with Crippen LogP contribution >= 0.6 is 0 Å². The summed E-state index contributed by atoms with van der Waals surface area (Å²) in [6.07, 6.45) is -2.57. The van der Waals surface area contributed by atoms with Crippen molar-refractivity contribution in [3.63, 3.8) is 0 Å². The summed E-state index contributed by atoms with van der Waals surface area (Å²) in [5.41, 5.74) is 4.77. The van der Waals surface area contributed by atoms with Crippen LogP contribution in [0.4, 0.5) is 24.7 Å². The number of hydrogen-bond donors (Lipinski definition) is 2. The molecule has 3 aliphatic rings. The number of nitrogens with one attached hydrogen (secondary N) is 1. The number of alkyl halides is 3. The van der Waals surface area contributed by atoms with Crippen molar-refractivity contribution in [3.05, 3.63) is 53.2 Å². The number of halogens is 3. The fraction of sp³-hybridized carbons (Fsp3) is 0.515. The van der Waals surface area contributed by atoms with Crippen molar-refractivity contribution in [1.82, 2.24) is 20.2 Å². The van der Waals surface area contributed by atoms with Crippen LogP contribution in [0.1, 0.15) is 29.7 Å². The minimum absolute atomic E-state index is 0.130. The fourth-order valence-corrected chi connectivity index (χ4v) is 6.52. The molecule has 0 radical (unpaired) electrons. The molecular weight excluding hydrogens is 615 g/mol. The molecule has 2 saturated heterocycles. The van der Waals surface area contributed by atoms with Crippen LogP contribution in [0.3, 0.4) is 0 Å². The van der Waals surface area contributed by atoms with Gasteiger partial charge in [-0.15, -0.1) is 0 Å². The van der Waals surface area contributed by atoms with Crippen LogP contribution in [0, 0.1) is 18.3 Å². The van der Waals surface area contributed by atoms with E-state index >= 15 is 0 Å². The third kappa shape index (κ3) is 8.04. The summed E-state index contributed by atoms with van der Waals surface area (Å²) in [7, 11) is 3.89. The molecule has 2 fully saturated rings. The molecule has 0 aliphatic carbocycles. The highest BCUT2D eigenvalue weighted by Crippen LogP contribution is 2.35. The van der Waals surface area contributed by atoms with Crippen molar-refractivity contribution in [2.24, 2.45) is 0 Å². The van der Waals surface area contributed by atoms with Crippen LogP contribution in [0.25, 0.3) is 10.8 Å². The van der Waals surface area contributed by atoms with Crippen molar-refractivity contribution in [2.75, 3.05) is 63.3 Å². The number of aliphatic carboxylic acids is 1. The number of rotatable bonds is 7. The van der Waals surface area contributed by atoms with Crippen LogP contribution in [0.5, 0.6) is 6.01 Å². The van der Waals surface area contributed by atoms with E-state index in [0.29, 0.717) is 25.6 Å². The first-order chi connectivity index (χ1) is 22.5. The average molecular weight is 656 g/mol. The molecule has 0 unspecified atom stereocenters. The van der Waals surface area contributed by atoms with Gasteiger partial charge in [0.05, 0.1) is 30.8 Å². The lowest BCUT2D eigenvalue weighted by Gasteiger charge is -2.37. The second kappa shape index (κ2) is 14.7. The third-order valence-electron chi connectivity index (χ3n) is 8.98. The summed E-state index contributed by atoms with van der Waals surface area (Å²) in [4.78, 5) is 26.0. The number of benzene rings is 2. The number of aryl methyl sites for hydroxylation is 1. The van der Waals surface area contributed by atoms with Gasteiger partial charge in [-0.2, -0.15) is 28.4 Å². The number of likely N-dealkylation sites (tertiary alicyclic amines) is 1. The molecule has 0 saturated carbocycles. The predicted molar refractivity (Wildman–Crippen MR) is 171 cm³/mol. The highest BCUT2D eigenvalue weighted by atomic mass is 19.4. The molecule has 3 aliphatic heterocycles. The molecule has 3 atom stereocenters. The topological polar surface area (TPSA) is 127 Å². The van der Waals surface area contributed by atoms with Crippen LogP contribution in [0.15, 0.2) is 36.4 Å². The van der Waals surface area contributed by atoms with Gasteiger partial charge in [0.25, 0.3) is 0 Å². The maximum atomic E-state index is 10.6. The van der Waals surface area contributed by atoms with Gasteiger partial charge in [0.1, 0.15) is 12.4 Å². The number of nitriles is 1. The van der Waals surface area contributed by atoms with Crippen molar-refractivity contribution < 1.29 is 32.5 Å². The number of methoxy groups -OCH3 is 1. The molecule has 1 aromatic heterocycles. The highest BCUT2D eigenvalue weighted by Gasteiger charge is 2.38. The van der Waals surface area contributed by atoms with Crippen LogP contribution in [-0.4, -0.2) is 104 Å². The number of carbonyl (C=O) groups is 1. The first-order valence-electron chi connectivity index (χ1n) is 15.6. The zero-order valence-electron chi connectivity index (χ0n) is 26.8. The largest absolute Gasteiger partial charge is 0.490 e. The summed E-state index contributed by atoms with van der Waals surface area (Å²) in [6, 6.07) is 16.2. The number of ether oxygens (including phenoxy) is 2. The molecule has 4 heterocycles. The first-order valence-corrected chi connectivity index (χ1v) is 15.6. The van der Waals surface area contributed by atoms with Gasteiger partial charge in [-0.3, -0.25) is 4.90 Å². The van der Waals surface area contributed by atoms with Gasteiger partial charge in [-0.25, -0.2) is 4.79 Å². The molecule has 47 heavy (non-hydrogen) atoms. The zero-order chi connectivity index (χ0) is 33.7. The van der Waals surface area contributed by atoms with Gasteiger partial charge in [-0.1, -0.05) is 30.3 Å². The van der Waals surface area contributed by atoms with Crippen LogP contribution in [0.2, 0.25) is 0 Å². The molecule has 2 N–H and O–H groups in total. The Hall–Kier alpha value is -4.19. The number of anilines is 2. The summed E-state index contributed by atoms with van der Waals surface area (Å²) in [6.45, 7) is 7.65. The summed E-state index contributed by atoms with van der Waals surface area (Å²) in [5.74, 6) is -1.79. The molecule has 0 spiro atoms. The average Bonchev–Trinajstić information content (AvgIpc) is 3.42. The maximum Gasteiger partial charge on any atom is 0.490 e. The minimum atomic E-state index is -5.08. The van der Waals surface area contributed by atoms with E-state index in [9.17, 15) is 18.4 Å².